The lowest BCUT2D eigenvalue weighted by Gasteiger charge is -2.12. The number of carbonyl (C=O) groups excluding carboxylic acids is 1. The molecule has 130 valence electrons. The van der Waals surface area contributed by atoms with Crippen LogP contribution >= 0.6 is 23.1 Å². The molecule has 0 bridgehead atoms. The first-order valence-electron chi connectivity index (χ1n) is 8.30. The summed E-state index contributed by atoms with van der Waals surface area (Å²) in [5.74, 6) is 0.435. The molecule has 0 saturated heterocycles. The van der Waals surface area contributed by atoms with Gasteiger partial charge >= 0.3 is 0 Å². The maximum Gasteiger partial charge on any atom is 0.253 e. The van der Waals surface area contributed by atoms with Crippen molar-refractivity contribution in [3.05, 3.63) is 27.9 Å². The van der Waals surface area contributed by atoms with Crippen LogP contribution in [0.25, 0.3) is 16.2 Å². The van der Waals surface area contributed by atoms with Crippen LogP contribution in [0.2, 0.25) is 0 Å². The van der Waals surface area contributed by atoms with Gasteiger partial charge in [-0.25, -0.2) is 9.67 Å². The van der Waals surface area contributed by atoms with E-state index in [-0.39, 0.29) is 11.7 Å². The summed E-state index contributed by atoms with van der Waals surface area (Å²) in [5, 5.41) is 6.45. The lowest BCUT2D eigenvalue weighted by atomic mass is 9.97. The molecule has 3 heterocycles. The van der Waals surface area contributed by atoms with E-state index in [0.29, 0.717) is 5.95 Å². The normalized spacial score (nSPS) is 14.0. The topological polar surface area (TPSA) is 86.7 Å². The van der Waals surface area contributed by atoms with Gasteiger partial charge in [0.15, 0.2) is 0 Å². The Hall–Kier alpha value is -1.93. The van der Waals surface area contributed by atoms with Gasteiger partial charge < -0.3 is 5.73 Å². The van der Waals surface area contributed by atoms with Gasteiger partial charge in [0.25, 0.3) is 5.95 Å². The Kier molecular flexibility index (Phi) is 4.24. The van der Waals surface area contributed by atoms with E-state index < -0.39 is 0 Å². The monoisotopic (exact) mass is 373 g/mol. The number of thioether (sulfide) groups is 1. The van der Waals surface area contributed by atoms with E-state index in [1.807, 2.05) is 19.9 Å². The predicted molar refractivity (Wildman–Crippen MR) is 101 cm³/mol. The molecule has 8 heteroatoms. The van der Waals surface area contributed by atoms with Gasteiger partial charge in [0, 0.05) is 16.0 Å². The molecule has 1 aliphatic rings. The molecule has 0 spiro atoms. The minimum Gasteiger partial charge on any atom is -0.369 e. The maximum atomic E-state index is 11.3. The van der Waals surface area contributed by atoms with Crippen molar-refractivity contribution >= 4 is 39.2 Å². The number of hydrogen-bond donors (Lipinski definition) is 1. The lowest BCUT2D eigenvalue weighted by molar-refractivity contribution is -0.115. The summed E-state index contributed by atoms with van der Waals surface area (Å²) < 4.78 is 1.77. The molecule has 0 aromatic carbocycles. The number of primary amides is 1. The van der Waals surface area contributed by atoms with E-state index in [1.54, 1.807) is 16.0 Å². The SMILES string of the molecule is Cc1cc(C)n(-c2nc(SCC(N)=O)c3c4c(sc3n2)CCCC4)n1. The first kappa shape index (κ1) is 16.5. The second kappa shape index (κ2) is 6.42. The van der Waals surface area contributed by atoms with Crippen molar-refractivity contribution in [1.29, 1.82) is 0 Å². The highest BCUT2D eigenvalue weighted by atomic mass is 32.2. The van der Waals surface area contributed by atoms with Crippen LogP contribution in [0.3, 0.4) is 0 Å². The molecule has 6 nitrogen and oxygen atoms in total. The number of nitrogens with two attached hydrogens (primary N) is 1. The molecule has 3 aromatic heterocycles. The number of aryl methyl sites for hydroxylation is 4. The minimum atomic E-state index is -0.339. The van der Waals surface area contributed by atoms with Crippen molar-refractivity contribution in [1.82, 2.24) is 19.7 Å². The van der Waals surface area contributed by atoms with E-state index >= 15 is 0 Å². The third-order valence-corrected chi connectivity index (χ3v) is 6.50. The Labute approximate surface area is 153 Å². The molecule has 0 fully saturated rings. The van der Waals surface area contributed by atoms with Gasteiger partial charge in [-0.1, -0.05) is 11.8 Å². The van der Waals surface area contributed by atoms with Gasteiger partial charge in [-0.2, -0.15) is 10.1 Å². The Morgan fingerprint density at radius 2 is 2.12 bits per heavy atom. The number of fused-ring (bicyclic) bond motifs is 3. The smallest absolute Gasteiger partial charge is 0.253 e. The third-order valence-electron chi connectivity index (χ3n) is 4.32. The largest absolute Gasteiger partial charge is 0.369 e. The molecule has 0 atom stereocenters. The molecule has 0 saturated carbocycles. The van der Waals surface area contributed by atoms with Crippen LogP contribution in [0.4, 0.5) is 0 Å². The van der Waals surface area contributed by atoms with E-state index in [0.717, 1.165) is 39.5 Å². The lowest BCUT2D eigenvalue weighted by Crippen LogP contribution is -2.13. The fourth-order valence-corrected chi connectivity index (χ4v) is 5.39. The van der Waals surface area contributed by atoms with Crippen molar-refractivity contribution in [2.24, 2.45) is 5.73 Å². The van der Waals surface area contributed by atoms with Crippen molar-refractivity contribution in [3.8, 4) is 5.95 Å². The van der Waals surface area contributed by atoms with Crippen molar-refractivity contribution in [2.45, 2.75) is 44.6 Å². The summed E-state index contributed by atoms with van der Waals surface area (Å²) in [5.41, 5.74) is 8.63. The first-order valence-corrected chi connectivity index (χ1v) is 10.1. The number of amides is 1. The van der Waals surface area contributed by atoms with E-state index in [2.05, 4.69) is 5.10 Å². The molecule has 4 rings (SSSR count). The zero-order valence-electron chi connectivity index (χ0n) is 14.2. The van der Waals surface area contributed by atoms with E-state index in [4.69, 9.17) is 15.7 Å². The Bertz CT molecular complexity index is 975. The van der Waals surface area contributed by atoms with Crippen molar-refractivity contribution in [2.75, 3.05) is 5.75 Å². The Balaban J connectivity index is 1.91. The third kappa shape index (κ3) is 3.04. The zero-order valence-corrected chi connectivity index (χ0v) is 15.8. The number of rotatable bonds is 4. The number of nitrogens with zero attached hydrogens (tertiary/aromatic N) is 4. The maximum absolute atomic E-state index is 11.3. The Morgan fingerprint density at radius 3 is 2.84 bits per heavy atom. The number of aromatic nitrogens is 4. The van der Waals surface area contributed by atoms with Crippen LogP contribution in [0.1, 0.15) is 34.7 Å². The molecule has 0 aliphatic heterocycles. The molecular weight excluding hydrogens is 354 g/mol. The highest BCUT2D eigenvalue weighted by Gasteiger charge is 2.22. The number of thiophene rings is 1. The van der Waals surface area contributed by atoms with Gasteiger partial charge in [-0.15, -0.1) is 11.3 Å². The summed E-state index contributed by atoms with van der Waals surface area (Å²) >= 11 is 3.14. The quantitative estimate of drug-likeness (QED) is 0.561. The van der Waals surface area contributed by atoms with Crippen molar-refractivity contribution < 1.29 is 4.79 Å². The summed E-state index contributed by atoms with van der Waals surface area (Å²) in [6.45, 7) is 3.94. The van der Waals surface area contributed by atoms with Gasteiger partial charge in [-0.3, -0.25) is 4.79 Å². The second-order valence-corrected chi connectivity index (χ2v) is 8.36. The van der Waals surface area contributed by atoms with Gasteiger partial charge in [0.05, 0.1) is 11.4 Å². The summed E-state index contributed by atoms with van der Waals surface area (Å²) in [4.78, 5) is 23.2. The highest BCUT2D eigenvalue weighted by Crippen LogP contribution is 2.40. The molecule has 25 heavy (non-hydrogen) atoms. The fraction of sp³-hybridized carbons (Fsp3) is 0.412. The zero-order chi connectivity index (χ0) is 17.6. The Morgan fingerprint density at radius 1 is 1.32 bits per heavy atom. The van der Waals surface area contributed by atoms with E-state index in [1.165, 1.54) is 35.0 Å². The minimum absolute atomic E-state index is 0.216. The highest BCUT2D eigenvalue weighted by molar-refractivity contribution is 8.00. The molecule has 1 amide bonds. The van der Waals surface area contributed by atoms with Crippen molar-refractivity contribution in [3.63, 3.8) is 0 Å². The van der Waals surface area contributed by atoms with Gasteiger partial charge in [0.2, 0.25) is 5.91 Å². The van der Waals surface area contributed by atoms with Crippen LogP contribution in [0.15, 0.2) is 11.1 Å². The number of carbonyl (C=O) groups is 1. The van der Waals surface area contributed by atoms with Crippen LogP contribution < -0.4 is 5.73 Å². The molecule has 0 unspecified atom stereocenters. The molecule has 3 aromatic rings. The van der Waals surface area contributed by atoms with Gasteiger partial charge in [-0.05, 0) is 51.2 Å². The molecule has 2 N–H and O–H groups in total. The van der Waals surface area contributed by atoms with Crippen LogP contribution in [-0.2, 0) is 17.6 Å². The standard InChI is InChI=1S/C17H19N5OS2/c1-9-7-10(2)22(21-9)17-19-15(24-8-13(18)23)14-11-5-3-4-6-12(11)25-16(14)20-17/h7H,3-6,8H2,1-2H3,(H2,18,23). The first-order chi connectivity index (χ1) is 12.0. The molecule has 1 aliphatic carbocycles. The number of hydrogen-bond acceptors (Lipinski definition) is 6. The molecule has 0 radical (unpaired) electrons. The van der Waals surface area contributed by atoms with Crippen LogP contribution in [0, 0.1) is 13.8 Å². The van der Waals surface area contributed by atoms with Crippen LogP contribution in [0.5, 0.6) is 0 Å². The fourth-order valence-electron chi connectivity index (χ4n) is 3.28. The summed E-state index contributed by atoms with van der Waals surface area (Å²) in [7, 11) is 0. The molecular formula is C17H19N5OS2. The van der Waals surface area contributed by atoms with Gasteiger partial charge in [0.1, 0.15) is 9.86 Å². The summed E-state index contributed by atoms with van der Waals surface area (Å²) in [6, 6.07) is 2.00. The van der Waals surface area contributed by atoms with E-state index in [9.17, 15) is 4.79 Å². The van der Waals surface area contributed by atoms with Crippen LogP contribution in [-0.4, -0.2) is 31.4 Å². The average molecular weight is 374 g/mol. The predicted octanol–water partition coefficient (Wildman–Crippen LogP) is 2.95. The summed E-state index contributed by atoms with van der Waals surface area (Å²) in [6.07, 6.45) is 4.58. The second-order valence-electron chi connectivity index (χ2n) is 6.31. The average Bonchev–Trinajstić information content (AvgIpc) is 3.11.